The maximum absolute atomic E-state index is 2.60. The molecule has 0 saturated carbocycles. The van der Waals surface area contributed by atoms with Crippen LogP contribution in [0.15, 0.2) is 24.3 Å². The smallest absolute Gasteiger partial charge is 0.0158 e. The quantitative estimate of drug-likeness (QED) is 0.560. The first-order valence-electron chi connectivity index (χ1n) is 10.6. The molecule has 4 aliphatic heterocycles. The second kappa shape index (κ2) is 7.00. The van der Waals surface area contributed by atoms with E-state index in [2.05, 4.69) is 24.3 Å². The molecule has 4 unspecified atom stereocenters. The second-order valence-corrected chi connectivity index (χ2v) is 14.2. The van der Waals surface area contributed by atoms with Gasteiger partial charge in [0, 0.05) is 0 Å². The topological polar surface area (TPSA) is 0 Å². The summed E-state index contributed by atoms with van der Waals surface area (Å²) in [6, 6.07) is 9.95. The van der Waals surface area contributed by atoms with Crippen molar-refractivity contribution >= 4 is 26.5 Å². The average Bonchev–Trinajstić information content (AvgIpc) is 3.00. The van der Waals surface area contributed by atoms with Crippen LogP contribution >= 0.6 is 15.8 Å². The number of benzene rings is 1. The zero-order valence-corrected chi connectivity index (χ0v) is 16.8. The SMILES string of the molecule is c1ccc(P2C3CCCCC2CC3)c(P2C3CCCCC2CC3)c1. The molecule has 4 heterocycles. The van der Waals surface area contributed by atoms with E-state index >= 15 is 0 Å². The Labute approximate surface area is 150 Å². The first-order chi connectivity index (χ1) is 11.9. The molecule has 1 aromatic carbocycles. The van der Waals surface area contributed by atoms with Crippen LogP contribution in [0.5, 0.6) is 0 Å². The van der Waals surface area contributed by atoms with E-state index in [0.717, 1.165) is 22.6 Å². The van der Waals surface area contributed by atoms with E-state index in [9.17, 15) is 0 Å². The van der Waals surface area contributed by atoms with Crippen molar-refractivity contribution in [3.63, 3.8) is 0 Å². The van der Waals surface area contributed by atoms with Crippen LogP contribution in [0, 0.1) is 0 Å². The first-order valence-corrected chi connectivity index (χ1v) is 13.5. The van der Waals surface area contributed by atoms with Gasteiger partial charge in [0.05, 0.1) is 0 Å². The van der Waals surface area contributed by atoms with E-state index in [1.165, 1.54) is 25.7 Å². The van der Waals surface area contributed by atoms with E-state index in [1.807, 2.05) is 10.6 Å². The predicted octanol–water partition coefficient (Wildman–Crippen LogP) is 6.11. The van der Waals surface area contributed by atoms with Gasteiger partial charge in [0.25, 0.3) is 0 Å². The van der Waals surface area contributed by atoms with E-state index in [-0.39, 0.29) is 15.8 Å². The highest BCUT2D eigenvalue weighted by Crippen LogP contribution is 2.63. The van der Waals surface area contributed by atoms with Gasteiger partial charge in [-0.05, 0) is 84.6 Å². The lowest BCUT2D eigenvalue weighted by molar-refractivity contribution is 0.556. The number of hydrogen-bond acceptors (Lipinski definition) is 0. The van der Waals surface area contributed by atoms with Gasteiger partial charge >= 0.3 is 0 Å². The summed E-state index contributed by atoms with van der Waals surface area (Å²) in [6.45, 7) is 0. The molecular weight excluding hydrogens is 326 g/mol. The van der Waals surface area contributed by atoms with E-state index in [0.29, 0.717) is 0 Å². The second-order valence-electron chi connectivity index (χ2n) is 8.64. The highest BCUT2D eigenvalue weighted by atomic mass is 31.1. The molecule has 24 heavy (non-hydrogen) atoms. The molecule has 0 spiro atoms. The zero-order chi connectivity index (χ0) is 15.9. The van der Waals surface area contributed by atoms with E-state index < -0.39 is 0 Å². The van der Waals surface area contributed by atoms with Crippen LogP contribution < -0.4 is 10.6 Å². The fourth-order valence-corrected chi connectivity index (χ4v) is 14.5. The van der Waals surface area contributed by atoms with Crippen LogP contribution in [0.3, 0.4) is 0 Å². The van der Waals surface area contributed by atoms with Crippen molar-refractivity contribution in [2.75, 3.05) is 0 Å². The third kappa shape index (κ3) is 2.81. The summed E-state index contributed by atoms with van der Waals surface area (Å²) in [5.74, 6) is 0. The van der Waals surface area contributed by atoms with Gasteiger partial charge in [-0.25, -0.2) is 0 Å². The molecule has 0 nitrogen and oxygen atoms in total. The van der Waals surface area contributed by atoms with Gasteiger partial charge in [-0.2, -0.15) is 0 Å². The Hall–Kier alpha value is 0.0800. The van der Waals surface area contributed by atoms with Crippen LogP contribution in [0.2, 0.25) is 0 Å². The molecule has 4 aliphatic rings. The lowest BCUT2D eigenvalue weighted by Gasteiger charge is -2.31. The summed E-state index contributed by atoms with van der Waals surface area (Å²) in [7, 11) is 0.294. The summed E-state index contributed by atoms with van der Waals surface area (Å²) in [4.78, 5) is 0. The van der Waals surface area contributed by atoms with Gasteiger partial charge in [-0.15, -0.1) is 0 Å². The van der Waals surface area contributed by atoms with Gasteiger partial charge < -0.3 is 0 Å². The third-order valence-electron chi connectivity index (χ3n) is 7.33. The minimum absolute atomic E-state index is 0.147. The van der Waals surface area contributed by atoms with E-state index in [4.69, 9.17) is 0 Å². The molecule has 2 heteroatoms. The Morgan fingerprint density at radius 3 is 1.17 bits per heavy atom. The Balaban J connectivity index is 1.54. The van der Waals surface area contributed by atoms with Crippen LogP contribution in [0.1, 0.15) is 77.0 Å². The Morgan fingerprint density at radius 2 is 0.833 bits per heavy atom. The van der Waals surface area contributed by atoms with Crippen molar-refractivity contribution in [3.8, 4) is 0 Å². The fraction of sp³-hybridized carbons (Fsp3) is 0.727. The summed E-state index contributed by atoms with van der Waals surface area (Å²) in [5, 5.41) is 3.82. The van der Waals surface area contributed by atoms with Gasteiger partial charge in [0.2, 0.25) is 0 Å². The molecule has 0 amide bonds. The first kappa shape index (κ1) is 16.3. The monoisotopic (exact) mass is 358 g/mol. The van der Waals surface area contributed by atoms with Gasteiger partial charge in [-0.3, -0.25) is 0 Å². The summed E-state index contributed by atoms with van der Waals surface area (Å²) in [6.07, 6.45) is 18.4. The molecule has 1 aromatic rings. The average molecular weight is 358 g/mol. The number of hydrogen-bond donors (Lipinski definition) is 0. The minimum atomic E-state index is 0.147. The van der Waals surface area contributed by atoms with Crippen LogP contribution in [0.25, 0.3) is 0 Å². The molecule has 4 atom stereocenters. The molecule has 5 rings (SSSR count). The maximum atomic E-state index is 2.60. The molecule has 0 N–H and O–H groups in total. The van der Waals surface area contributed by atoms with Crippen LogP contribution in [-0.2, 0) is 0 Å². The van der Waals surface area contributed by atoms with Crippen molar-refractivity contribution < 1.29 is 0 Å². The molecule has 0 radical (unpaired) electrons. The summed E-state index contributed by atoms with van der Waals surface area (Å²) in [5.41, 5.74) is 4.31. The molecule has 4 fully saturated rings. The largest absolute Gasteiger partial charge is 0.0683 e. The highest BCUT2D eigenvalue weighted by molar-refractivity contribution is 7.73. The van der Waals surface area contributed by atoms with Crippen molar-refractivity contribution in [1.82, 2.24) is 0 Å². The van der Waals surface area contributed by atoms with Crippen molar-refractivity contribution in [3.05, 3.63) is 24.3 Å². The minimum Gasteiger partial charge on any atom is -0.0683 e. The number of rotatable bonds is 2. The molecule has 0 aromatic heterocycles. The fourth-order valence-electron chi connectivity index (χ4n) is 6.26. The van der Waals surface area contributed by atoms with E-state index in [1.54, 1.807) is 51.4 Å². The highest BCUT2D eigenvalue weighted by Gasteiger charge is 2.43. The third-order valence-corrected chi connectivity index (χ3v) is 14.6. The molecular formula is C22H32P2. The summed E-state index contributed by atoms with van der Waals surface area (Å²) < 4.78 is 0. The lowest BCUT2D eigenvalue weighted by Crippen LogP contribution is -2.29. The number of fused-ring (bicyclic) bond motifs is 4. The summed E-state index contributed by atoms with van der Waals surface area (Å²) >= 11 is 0. The van der Waals surface area contributed by atoms with Crippen molar-refractivity contribution in [2.24, 2.45) is 0 Å². The van der Waals surface area contributed by atoms with Gasteiger partial charge in [0.1, 0.15) is 0 Å². The zero-order valence-electron chi connectivity index (χ0n) is 15.0. The molecule has 4 saturated heterocycles. The van der Waals surface area contributed by atoms with Gasteiger partial charge in [0.15, 0.2) is 0 Å². The standard InChI is InChI=1S/C22H32P2/c1-2-8-18-14-13-17(7-1)23(18)21-11-5-6-12-22(21)24-19-9-3-4-10-20(24)16-15-19/h5-6,11-12,17-20H,1-4,7-10,13-16H2. The Bertz CT molecular complexity index is 504. The van der Waals surface area contributed by atoms with Crippen molar-refractivity contribution in [1.29, 1.82) is 0 Å². The molecule has 0 aliphatic carbocycles. The maximum Gasteiger partial charge on any atom is -0.0158 e. The van der Waals surface area contributed by atoms with Crippen LogP contribution in [-0.4, -0.2) is 22.6 Å². The van der Waals surface area contributed by atoms with Gasteiger partial charge in [-0.1, -0.05) is 65.8 Å². The molecule has 4 bridgehead atoms. The Morgan fingerprint density at radius 1 is 0.500 bits per heavy atom. The van der Waals surface area contributed by atoms with Crippen molar-refractivity contribution in [2.45, 2.75) is 99.7 Å². The Kier molecular flexibility index (Phi) is 4.75. The normalized spacial score (nSPS) is 41.8. The lowest BCUT2D eigenvalue weighted by atomic mass is 10.0. The predicted molar refractivity (Wildman–Crippen MR) is 110 cm³/mol. The molecule has 130 valence electrons. The van der Waals surface area contributed by atoms with Crippen LogP contribution in [0.4, 0.5) is 0 Å².